The van der Waals surface area contributed by atoms with E-state index < -0.39 is 5.97 Å². The first-order valence-electron chi connectivity index (χ1n) is 14.3. The van der Waals surface area contributed by atoms with Gasteiger partial charge in [0, 0.05) is 35.8 Å². The minimum atomic E-state index is -0.548. The van der Waals surface area contributed by atoms with E-state index in [1.165, 1.54) is 16.9 Å². The van der Waals surface area contributed by atoms with Crippen molar-refractivity contribution < 1.29 is 28.7 Å². The lowest BCUT2D eigenvalue weighted by Crippen LogP contribution is -2.36. The Morgan fingerprint density at radius 3 is 2.32 bits per heavy atom. The first kappa shape index (κ1) is 30.0. The van der Waals surface area contributed by atoms with E-state index >= 15 is 0 Å². The molecule has 0 fully saturated rings. The fourth-order valence-corrected chi connectivity index (χ4v) is 5.11. The number of carbonyl (C=O) groups excluding carboxylic acids is 4. The van der Waals surface area contributed by atoms with Crippen LogP contribution in [0.2, 0.25) is 0 Å². The molecule has 1 aliphatic heterocycles. The summed E-state index contributed by atoms with van der Waals surface area (Å²) < 4.78 is 10.4. The van der Waals surface area contributed by atoms with Crippen molar-refractivity contribution in [2.24, 2.45) is 0 Å². The summed E-state index contributed by atoms with van der Waals surface area (Å²) in [5.41, 5.74) is 5.18. The fraction of sp³-hybridized carbons (Fsp3) is 0.200. The van der Waals surface area contributed by atoms with Crippen LogP contribution in [0.3, 0.4) is 0 Å². The average Bonchev–Trinajstić information content (AvgIpc) is 3.17. The number of hydrogen-bond donors (Lipinski definition) is 1. The number of rotatable bonds is 8. The van der Waals surface area contributed by atoms with E-state index in [0.717, 1.165) is 16.7 Å². The van der Waals surface area contributed by atoms with Crippen molar-refractivity contribution >= 4 is 40.8 Å². The van der Waals surface area contributed by atoms with Crippen LogP contribution < -0.4 is 19.9 Å². The van der Waals surface area contributed by atoms with Gasteiger partial charge in [-0.15, -0.1) is 0 Å². The molecule has 5 rings (SSSR count). The van der Waals surface area contributed by atoms with Crippen molar-refractivity contribution in [3.8, 4) is 16.9 Å². The number of amides is 3. The third-order valence-corrected chi connectivity index (χ3v) is 7.38. The van der Waals surface area contributed by atoms with Gasteiger partial charge in [-0.25, -0.2) is 0 Å². The zero-order valence-corrected chi connectivity index (χ0v) is 24.8. The number of nitrogens with one attached hydrogen (secondary N) is 1. The topological polar surface area (TPSA) is 105 Å². The molecule has 0 atom stereocenters. The van der Waals surface area contributed by atoms with Crippen molar-refractivity contribution in [3.05, 3.63) is 108 Å². The highest BCUT2D eigenvalue weighted by atomic mass is 16.5. The molecule has 3 amide bonds. The van der Waals surface area contributed by atoms with Gasteiger partial charge in [-0.05, 0) is 67.4 Å². The molecule has 0 spiro atoms. The minimum absolute atomic E-state index is 0.0106. The first-order valence-corrected chi connectivity index (χ1v) is 14.3. The van der Waals surface area contributed by atoms with E-state index in [1.807, 2.05) is 49.4 Å². The lowest BCUT2D eigenvalue weighted by atomic mass is 9.98. The van der Waals surface area contributed by atoms with Crippen LogP contribution in [0.15, 0.2) is 91.0 Å². The molecule has 9 nitrogen and oxygen atoms in total. The van der Waals surface area contributed by atoms with E-state index in [1.54, 1.807) is 55.5 Å². The predicted molar refractivity (Wildman–Crippen MR) is 169 cm³/mol. The normalized spacial score (nSPS) is 12.7. The Labute approximate surface area is 256 Å². The number of esters is 1. The van der Waals surface area contributed by atoms with Crippen LogP contribution in [0.5, 0.6) is 5.75 Å². The van der Waals surface area contributed by atoms with Gasteiger partial charge in [0.1, 0.15) is 12.3 Å². The van der Waals surface area contributed by atoms with Crippen molar-refractivity contribution in [1.29, 1.82) is 0 Å². The third-order valence-electron chi connectivity index (χ3n) is 7.38. The minimum Gasteiger partial charge on any atom is -0.497 e. The highest BCUT2D eigenvalue weighted by Gasteiger charge is 2.32. The third kappa shape index (κ3) is 6.47. The van der Waals surface area contributed by atoms with Crippen molar-refractivity contribution in [1.82, 2.24) is 0 Å². The first-order chi connectivity index (χ1) is 21.3. The lowest BCUT2D eigenvalue weighted by molar-refractivity contribution is -0.142. The number of fused-ring (bicyclic) bond motifs is 1. The van der Waals surface area contributed by atoms with E-state index in [9.17, 15) is 19.2 Å². The molecule has 0 saturated carbocycles. The maximum Gasteiger partial charge on any atom is 0.326 e. The van der Waals surface area contributed by atoms with Gasteiger partial charge >= 0.3 is 5.97 Å². The van der Waals surface area contributed by atoms with Gasteiger partial charge < -0.3 is 19.7 Å². The quantitative estimate of drug-likeness (QED) is 0.257. The van der Waals surface area contributed by atoms with Crippen molar-refractivity contribution in [2.45, 2.75) is 20.3 Å². The molecule has 224 valence electrons. The number of carbonyl (C=O) groups is 4. The number of hydrogen-bond acceptors (Lipinski definition) is 6. The summed E-state index contributed by atoms with van der Waals surface area (Å²) in [4.78, 5) is 55.3. The lowest BCUT2D eigenvalue weighted by Gasteiger charge is -2.25. The Hall–Kier alpha value is -5.44. The van der Waals surface area contributed by atoms with E-state index in [4.69, 9.17) is 9.47 Å². The number of anilines is 3. The Morgan fingerprint density at radius 1 is 0.886 bits per heavy atom. The van der Waals surface area contributed by atoms with Crippen molar-refractivity contribution in [2.75, 3.05) is 41.9 Å². The van der Waals surface area contributed by atoms with Crippen LogP contribution in [0, 0.1) is 6.92 Å². The summed E-state index contributed by atoms with van der Waals surface area (Å²) in [5, 5.41) is 2.93. The maximum absolute atomic E-state index is 13.8. The summed E-state index contributed by atoms with van der Waals surface area (Å²) in [6, 6.07) is 27.0. The van der Waals surface area contributed by atoms with Gasteiger partial charge in [-0.2, -0.15) is 0 Å². The van der Waals surface area contributed by atoms with Crippen LogP contribution in [-0.4, -0.2) is 50.5 Å². The number of aryl methyl sites for hydroxylation is 1. The molecule has 0 saturated heterocycles. The van der Waals surface area contributed by atoms with E-state index in [2.05, 4.69) is 5.32 Å². The fourth-order valence-electron chi connectivity index (χ4n) is 5.11. The molecule has 0 unspecified atom stereocenters. The molecule has 0 aliphatic carbocycles. The van der Waals surface area contributed by atoms with Gasteiger partial charge in [0.05, 0.1) is 25.1 Å². The molecule has 0 radical (unpaired) electrons. The van der Waals surface area contributed by atoms with Gasteiger partial charge in [0.2, 0.25) is 5.91 Å². The molecule has 44 heavy (non-hydrogen) atoms. The smallest absolute Gasteiger partial charge is 0.326 e. The molecule has 4 aromatic carbocycles. The van der Waals surface area contributed by atoms with Gasteiger partial charge in [-0.1, -0.05) is 48.0 Å². The number of methoxy groups -OCH3 is 1. The van der Waals surface area contributed by atoms with Crippen molar-refractivity contribution in [3.63, 3.8) is 0 Å². The summed E-state index contributed by atoms with van der Waals surface area (Å²) in [6.45, 7) is 3.73. The molecule has 0 bridgehead atoms. The Balaban J connectivity index is 1.37. The van der Waals surface area contributed by atoms with E-state index in [0.29, 0.717) is 33.9 Å². The SMILES string of the molecule is CCOC(=O)CN1C(=O)CCN(C(=O)c2ccc(NC(=O)c3ccccc3-c3ccc(C)cc3)cc2)c2ccc(OC)cc21. The highest BCUT2D eigenvalue weighted by Crippen LogP contribution is 2.37. The van der Waals surface area contributed by atoms with Crippen LogP contribution >= 0.6 is 0 Å². The van der Waals surface area contributed by atoms with Crippen LogP contribution in [-0.2, 0) is 14.3 Å². The molecule has 1 aliphatic rings. The summed E-state index contributed by atoms with van der Waals surface area (Å²) in [5.74, 6) is -0.982. The standard InChI is InChI=1S/C35H33N3O6/c1-4-44-33(40)22-38-31-21-27(43-3)17-18-30(31)37(20-19-32(38)39)35(42)25-13-15-26(16-14-25)36-34(41)29-8-6-5-7-28(29)24-11-9-23(2)10-12-24/h5-18,21H,4,19-20,22H2,1-3H3,(H,36,41). The average molecular weight is 592 g/mol. The summed E-state index contributed by atoms with van der Waals surface area (Å²) in [6.07, 6.45) is 0.0106. The van der Waals surface area contributed by atoms with E-state index in [-0.39, 0.29) is 43.8 Å². The molecule has 4 aromatic rings. The van der Waals surface area contributed by atoms with Gasteiger partial charge in [-0.3, -0.25) is 24.1 Å². The number of ether oxygens (including phenoxy) is 2. The summed E-state index contributed by atoms with van der Waals surface area (Å²) >= 11 is 0. The maximum atomic E-state index is 13.8. The van der Waals surface area contributed by atoms with Gasteiger partial charge in [0.25, 0.3) is 11.8 Å². The summed E-state index contributed by atoms with van der Waals surface area (Å²) in [7, 11) is 1.50. The molecule has 1 heterocycles. The monoisotopic (exact) mass is 591 g/mol. The van der Waals surface area contributed by atoms with Crippen LogP contribution in [0.4, 0.5) is 17.1 Å². The Bertz CT molecular complexity index is 1700. The largest absolute Gasteiger partial charge is 0.497 e. The highest BCUT2D eigenvalue weighted by molar-refractivity contribution is 6.13. The second-order valence-corrected chi connectivity index (χ2v) is 10.3. The Morgan fingerprint density at radius 2 is 1.61 bits per heavy atom. The molecule has 9 heteroatoms. The zero-order valence-electron chi connectivity index (χ0n) is 24.8. The molecular weight excluding hydrogens is 558 g/mol. The van der Waals surface area contributed by atoms with Gasteiger partial charge in [0.15, 0.2) is 0 Å². The number of benzene rings is 4. The number of nitrogens with zero attached hydrogens (tertiary/aromatic N) is 2. The molecule has 1 N–H and O–H groups in total. The van der Waals surface area contributed by atoms with Crippen LogP contribution in [0.25, 0.3) is 11.1 Å². The second-order valence-electron chi connectivity index (χ2n) is 10.3. The Kier molecular flexibility index (Phi) is 9.04. The second kappa shape index (κ2) is 13.2. The molecule has 0 aromatic heterocycles. The van der Waals surface area contributed by atoms with Crippen LogP contribution in [0.1, 0.15) is 39.6 Å². The zero-order chi connectivity index (χ0) is 31.2. The predicted octanol–water partition coefficient (Wildman–Crippen LogP) is 5.87. The molecular formula is C35H33N3O6.